The molecule has 2 rings (SSSR count). The van der Waals surface area contributed by atoms with Gasteiger partial charge in [0.1, 0.15) is 11.9 Å². The van der Waals surface area contributed by atoms with Gasteiger partial charge in [-0.1, -0.05) is 12.1 Å². The number of para-hydroxylation sites is 1. The lowest BCUT2D eigenvalue weighted by Gasteiger charge is -2.09. The average Bonchev–Trinajstić information content (AvgIpc) is 2.39. The molecule has 1 N–H and O–H groups in total. The highest BCUT2D eigenvalue weighted by atomic mass is 32.2. The van der Waals surface area contributed by atoms with Crippen molar-refractivity contribution in [2.75, 3.05) is 4.72 Å². The summed E-state index contributed by atoms with van der Waals surface area (Å²) in [5.74, 6) is -0.517. The Bertz CT molecular complexity index is 734. The molecule has 19 heavy (non-hydrogen) atoms. The Hall–Kier alpha value is -2.39. The van der Waals surface area contributed by atoms with Crippen LogP contribution in [-0.4, -0.2) is 8.42 Å². The number of sulfonamides is 1. The van der Waals surface area contributed by atoms with Crippen molar-refractivity contribution in [3.05, 3.63) is 59.9 Å². The molecule has 0 radical (unpaired) electrons. The van der Waals surface area contributed by atoms with Crippen LogP contribution in [0.4, 0.5) is 10.1 Å². The molecule has 0 aliphatic carbocycles. The third kappa shape index (κ3) is 2.89. The molecule has 0 amide bonds. The second-order valence-corrected chi connectivity index (χ2v) is 5.40. The fourth-order valence-electron chi connectivity index (χ4n) is 1.49. The monoisotopic (exact) mass is 276 g/mol. The molecule has 0 aliphatic heterocycles. The minimum absolute atomic E-state index is 0.0679. The van der Waals surface area contributed by atoms with Crippen molar-refractivity contribution >= 4 is 15.7 Å². The molecule has 2 aromatic carbocycles. The van der Waals surface area contributed by atoms with Gasteiger partial charge in [0.15, 0.2) is 0 Å². The summed E-state index contributed by atoms with van der Waals surface area (Å²) in [7, 11) is -3.83. The summed E-state index contributed by atoms with van der Waals surface area (Å²) in [5.41, 5.74) is 0.405. The van der Waals surface area contributed by atoms with Gasteiger partial charge in [0.2, 0.25) is 0 Å². The first-order valence-electron chi connectivity index (χ1n) is 5.30. The van der Waals surface area contributed by atoms with Crippen molar-refractivity contribution in [1.29, 1.82) is 5.26 Å². The minimum Gasteiger partial charge on any atom is -0.278 e. The standard InChI is InChI=1S/C13H9FN2O2S/c14-11-5-7-12(8-6-11)19(17,18)16-13-4-2-1-3-10(13)9-15/h1-8,16H. The van der Waals surface area contributed by atoms with Gasteiger partial charge >= 0.3 is 0 Å². The first-order valence-corrected chi connectivity index (χ1v) is 6.79. The van der Waals surface area contributed by atoms with E-state index in [4.69, 9.17) is 5.26 Å². The van der Waals surface area contributed by atoms with Crippen molar-refractivity contribution in [1.82, 2.24) is 0 Å². The summed E-state index contributed by atoms with van der Waals surface area (Å²) in [5, 5.41) is 8.89. The summed E-state index contributed by atoms with van der Waals surface area (Å²) in [6.45, 7) is 0. The first kappa shape index (κ1) is 13.1. The maximum atomic E-state index is 12.8. The minimum atomic E-state index is -3.83. The zero-order chi connectivity index (χ0) is 13.9. The Kier molecular flexibility index (Phi) is 3.49. The number of halogens is 1. The Labute approximate surface area is 110 Å². The van der Waals surface area contributed by atoms with Gasteiger partial charge in [0.05, 0.1) is 16.1 Å². The van der Waals surface area contributed by atoms with Crippen LogP contribution in [0, 0.1) is 17.1 Å². The van der Waals surface area contributed by atoms with Gasteiger partial charge in [-0.3, -0.25) is 4.72 Å². The zero-order valence-electron chi connectivity index (χ0n) is 9.67. The van der Waals surface area contributed by atoms with Crippen molar-refractivity contribution < 1.29 is 12.8 Å². The molecular weight excluding hydrogens is 267 g/mol. The first-order chi connectivity index (χ1) is 9.03. The maximum absolute atomic E-state index is 12.8. The Morgan fingerprint density at radius 2 is 1.68 bits per heavy atom. The molecule has 0 saturated carbocycles. The smallest absolute Gasteiger partial charge is 0.261 e. The molecule has 0 spiro atoms. The van der Waals surface area contributed by atoms with Crippen LogP contribution in [0.3, 0.4) is 0 Å². The molecule has 0 fully saturated rings. The van der Waals surface area contributed by atoms with Crippen molar-refractivity contribution in [2.45, 2.75) is 4.90 Å². The molecule has 96 valence electrons. The second kappa shape index (κ2) is 5.08. The molecule has 0 saturated heterocycles. The number of rotatable bonds is 3. The predicted octanol–water partition coefficient (Wildman–Crippen LogP) is 2.50. The summed E-state index contributed by atoms with van der Waals surface area (Å²) in [4.78, 5) is -0.0679. The van der Waals surface area contributed by atoms with Gasteiger partial charge in [0, 0.05) is 0 Å². The lowest BCUT2D eigenvalue weighted by atomic mass is 10.2. The van der Waals surface area contributed by atoms with E-state index in [9.17, 15) is 12.8 Å². The highest BCUT2D eigenvalue weighted by Crippen LogP contribution is 2.19. The van der Waals surface area contributed by atoms with E-state index >= 15 is 0 Å². The van der Waals surface area contributed by atoms with Crippen molar-refractivity contribution in [3.63, 3.8) is 0 Å². The number of hydrogen-bond acceptors (Lipinski definition) is 3. The van der Waals surface area contributed by atoms with Crippen LogP contribution in [0.5, 0.6) is 0 Å². The average molecular weight is 276 g/mol. The number of nitrogens with zero attached hydrogens (tertiary/aromatic N) is 1. The summed E-state index contributed by atoms with van der Waals surface area (Å²) < 4.78 is 39.1. The van der Waals surface area contributed by atoms with E-state index in [-0.39, 0.29) is 16.1 Å². The van der Waals surface area contributed by atoms with Gasteiger partial charge in [0.25, 0.3) is 10.0 Å². The van der Waals surface area contributed by atoms with Crippen LogP contribution >= 0.6 is 0 Å². The topological polar surface area (TPSA) is 70.0 Å². The van der Waals surface area contributed by atoms with Gasteiger partial charge < -0.3 is 0 Å². The molecule has 0 aromatic heterocycles. The number of nitriles is 1. The van der Waals surface area contributed by atoms with E-state index < -0.39 is 15.8 Å². The lowest BCUT2D eigenvalue weighted by Crippen LogP contribution is -2.13. The SMILES string of the molecule is N#Cc1ccccc1NS(=O)(=O)c1ccc(F)cc1. The highest BCUT2D eigenvalue weighted by Gasteiger charge is 2.15. The maximum Gasteiger partial charge on any atom is 0.261 e. The number of benzene rings is 2. The van der Waals surface area contributed by atoms with Crippen LogP contribution in [0.15, 0.2) is 53.4 Å². The molecule has 4 nitrogen and oxygen atoms in total. The zero-order valence-corrected chi connectivity index (χ0v) is 10.5. The molecule has 6 heteroatoms. The van der Waals surface area contributed by atoms with E-state index in [1.165, 1.54) is 12.1 Å². The van der Waals surface area contributed by atoms with Crippen molar-refractivity contribution in [3.8, 4) is 6.07 Å². The van der Waals surface area contributed by atoms with E-state index in [0.717, 1.165) is 24.3 Å². The Balaban J connectivity index is 2.37. The van der Waals surface area contributed by atoms with Gasteiger partial charge in [-0.25, -0.2) is 12.8 Å². The molecule has 0 atom stereocenters. The van der Waals surface area contributed by atoms with Gasteiger partial charge in [-0.2, -0.15) is 5.26 Å². The molecule has 0 aliphatic rings. The van der Waals surface area contributed by atoms with E-state index in [1.54, 1.807) is 12.1 Å². The normalized spacial score (nSPS) is 10.7. The van der Waals surface area contributed by atoms with Gasteiger partial charge in [-0.05, 0) is 36.4 Å². The quantitative estimate of drug-likeness (QED) is 0.936. The van der Waals surface area contributed by atoms with Crippen LogP contribution in [0.2, 0.25) is 0 Å². The summed E-state index contributed by atoms with van der Waals surface area (Å²) in [6, 6.07) is 12.6. The third-order valence-electron chi connectivity index (χ3n) is 2.42. The number of nitrogens with one attached hydrogen (secondary N) is 1. The number of anilines is 1. The Morgan fingerprint density at radius 3 is 2.32 bits per heavy atom. The lowest BCUT2D eigenvalue weighted by molar-refractivity contribution is 0.599. The second-order valence-electron chi connectivity index (χ2n) is 3.72. The number of hydrogen-bond donors (Lipinski definition) is 1. The largest absolute Gasteiger partial charge is 0.278 e. The van der Waals surface area contributed by atoms with Crippen LogP contribution < -0.4 is 4.72 Å². The van der Waals surface area contributed by atoms with Crippen LogP contribution in [-0.2, 0) is 10.0 Å². The molecule has 2 aromatic rings. The molecule has 0 bridgehead atoms. The molecule has 0 unspecified atom stereocenters. The predicted molar refractivity (Wildman–Crippen MR) is 68.4 cm³/mol. The van der Waals surface area contributed by atoms with E-state index in [0.29, 0.717) is 0 Å². The van der Waals surface area contributed by atoms with E-state index in [2.05, 4.69) is 4.72 Å². The van der Waals surface area contributed by atoms with Crippen LogP contribution in [0.1, 0.15) is 5.56 Å². The third-order valence-corrected chi connectivity index (χ3v) is 3.80. The molecule has 0 heterocycles. The van der Waals surface area contributed by atoms with Gasteiger partial charge in [-0.15, -0.1) is 0 Å². The van der Waals surface area contributed by atoms with E-state index in [1.807, 2.05) is 6.07 Å². The van der Waals surface area contributed by atoms with Crippen molar-refractivity contribution in [2.24, 2.45) is 0 Å². The Morgan fingerprint density at radius 1 is 1.05 bits per heavy atom. The summed E-state index contributed by atoms with van der Waals surface area (Å²) in [6.07, 6.45) is 0. The van der Waals surface area contributed by atoms with Crippen LogP contribution in [0.25, 0.3) is 0 Å². The fourth-order valence-corrected chi connectivity index (χ4v) is 2.57. The highest BCUT2D eigenvalue weighted by molar-refractivity contribution is 7.92. The molecular formula is C13H9FN2O2S. The fraction of sp³-hybridized carbons (Fsp3) is 0. The summed E-state index contributed by atoms with van der Waals surface area (Å²) >= 11 is 0.